The number of fused-ring (bicyclic) bond motifs is 5. The van der Waals surface area contributed by atoms with Crippen LogP contribution in [0.3, 0.4) is 0 Å². The van der Waals surface area contributed by atoms with Crippen molar-refractivity contribution in [3.8, 4) is 50.9 Å². The maximum Gasteiger partial charge on any atom is 0.227 e. The molecule has 0 fully saturated rings. The number of aryl methyl sites for hydroxylation is 1. The molecule has 311 valence electrons. The van der Waals surface area contributed by atoms with E-state index in [4.69, 9.17) is 22.9 Å². The maximum atomic E-state index is 7.23. The van der Waals surface area contributed by atoms with E-state index in [1.54, 1.807) is 18.2 Å². The Kier molecular flexibility index (Phi) is 10.5. The average Bonchev–Trinajstić information content (AvgIpc) is 4.04. The van der Waals surface area contributed by atoms with E-state index in [2.05, 4.69) is 122 Å². The molecule has 0 N–H and O–H groups in total. The molecule has 7 heteroatoms. The molecule has 7 aromatic carbocycles. The van der Waals surface area contributed by atoms with Crippen LogP contribution in [0.15, 0.2) is 173 Å². The fourth-order valence-corrected chi connectivity index (χ4v) is 8.17. The molecule has 6 nitrogen and oxygen atoms in total. The van der Waals surface area contributed by atoms with Gasteiger partial charge in [-0.2, -0.15) is 0 Å². The van der Waals surface area contributed by atoms with Gasteiger partial charge in [0, 0.05) is 53.1 Å². The van der Waals surface area contributed by atoms with Gasteiger partial charge >= 0.3 is 0 Å². The van der Waals surface area contributed by atoms with Crippen LogP contribution in [0.25, 0.3) is 95.0 Å². The Hall–Kier alpha value is -6.92. The van der Waals surface area contributed by atoms with Crippen LogP contribution in [-0.4, -0.2) is 19.5 Å². The van der Waals surface area contributed by atoms with E-state index < -0.39 is 6.85 Å². The number of nitrogens with zero attached hydrogens (tertiary/aromatic N) is 4. The molecule has 4 heterocycles. The summed E-state index contributed by atoms with van der Waals surface area (Å²) in [6, 6.07) is 59.1. The van der Waals surface area contributed by atoms with Crippen LogP contribution >= 0.6 is 0 Å². The van der Waals surface area contributed by atoms with Gasteiger partial charge in [-0.3, -0.25) is 4.98 Å². The van der Waals surface area contributed by atoms with Crippen molar-refractivity contribution in [2.24, 2.45) is 0 Å². The summed E-state index contributed by atoms with van der Waals surface area (Å²) in [7, 11) is 0. The zero-order valence-corrected chi connectivity index (χ0v) is 37.6. The van der Waals surface area contributed by atoms with Gasteiger partial charge in [-0.15, -0.1) is 54.1 Å². The molecule has 0 atom stereocenters. The van der Waals surface area contributed by atoms with Crippen molar-refractivity contribution < 1.29 is 33.1 Å². The van der Waals surface area contributed by atoms with Gasteiger partial charge in [-0.05, 0) is 94.7 Å². The molecule has 63 heavy (non-hydrogen) atoms. The second-order valence-electron chi connectivity index (χ2n) is 16.0. The van der Waals surface area contributed by atoms with Crippen LogP contribution in [0, 0.1) is 19.0 Å². The monoisotopic (exact) mass is 1000 g/mol. The minimum Gasteiger partial charge on any atom is -0.500 e. The second-order valence-corrected chi connectivity index (χ2v) is 16.0. The van der Waals surface area contributed by atoms with Crippen molar-refractivity contribution in [2.45, 2.75) is 46.4 Å². The molecule has 0 bridgehead atoms. The third kappa shape index (κ3) is 7.91. The number of pyridine rings is 1. The summed E-state index contributed by atoms with van der Waals surface area (Å²) in [6.07, 6.45) is 1.39. The fourth-order valence-electron chi connectivity index (χ4n) is 8.17. The molecule has 0 amide bonds. The fraction of sp³-hybridized carbons (Fsp3) is 0.125. The van der Waals surface area contributed by atoms with Gasteiger partial charge in [0.2, 0.25) is 5.89 Å². The van der Waals surface area contributed by atoms with E-state index in [-0.39, 0.29) is 37.5 Å². The molecular formula is C56H44IrN4O2-2. The third-order valence-corrected chi connectivity index (χ3v) is 11.2. The number of benzene rings is 7. The molecule has 0 unspecified atom stereocenters. The first-order valence-corrected chi connectivity index (χ1v) is 20.9. The largest absolute Gasteiger partial charge is 0.500 e. The Balaban J connectivity index is 0.000000273. The maximum absolute atomic E-state index is 7.23. The molecule has 0 aliphatic heterocycles. The molecule has 4 aromatic heterocycles. The van der Waals surface area contributed by atoms with Gasteiger partial charge in [-0.1, -0.05) is 111 Å². The van der Waals surface area contributed by atoms with Crippen LogP contribution in [0.5, 0.6) is 0 Å². The smallest absolute Gasteiger partial charge is 0.227 e. The summed E-state index contributed by atoms with van der Waals surface area (Å²) in [5, 5.41) is 1.97. The minimum atomic E-state index is -2.09. The zero-order chi connectivity index (χ0) is 44.8. The SMILES string of the molecule is CC(C)c1cc(-c2ccccc2)cc(C(C)C)c1-n1c(-c2[c-]ccc3c2oc2cc4oc(-c5ccccc5)nc4cc23)nc2ccccc21.[2H]C([2H])([2H])c1ccc(-c2[c-]cccc2)nc1.[Ir]. The van der Waals surface area contributed by atoms with Crippen molar-refractivity contribution in [3.63, 3.8) is 0 Å². The van der Waals surface area contributed by atoms with Crippen LogP contribution < -0.4 is 0 Å². The molecule has 0 saturated carbocycles. The van der Waals surface area contributed by atoms with Gasteiger partial charge in [0.15, 0.2) is 5.58 Å². The summed E-state index contributed by atoms with van der Waals surface area (Å²) in [4.78, 5) is 14.2. The Morgan fingerprint density at radius 1 is 0.603 bits per heavy atom. The molecule has 11 rings (SSSR count). The number of oxazole rings is 1. The predicted molar refractivity (Wildman–Crippen MR) is 252 cm³/mol. The van der Waals surface area contributed by atoms with Gasteiger partial charge in [0.05, 0.1) is 22.4 Å². The van der Waals surface area contributed by atoms with E-state index in [9.17, 15) is 0 Å². The number of para-hydroxylation sites is 2. The Morgan fingerprint density at radius 2 is 1.32 bits per heavy atom. The van der Waals surface area contributed by atoms with Crippen LogP contribution in [0.1, 0.15) is 60.3 Å². The van der Waals surface area contributed by atoms with Gasteiger partial charge in [0.1, 0.15) is 11.1 Å². The predicted octanol–water partition coefficient (Wildman–Crippen LogP) is 15.0. The van der Waals surface area contributed by atoms with E-state index in [1.165, 1.54) is 34.1 Å². The van der Waals surface area contributed by atoms with Gasteiger partial charge < -0.3 is 18.4 Å². The quantitative estimate of drug-likeness (QED) is 0.149. The summed E-state index contributed by atoms with van der Waals surface area (Å²) >= 11 is 0. The number of aromatic nitrogens is 4. The van der Waals surface area contributed by atoms with Crippen molar-refractivity contribution in [1.29, 1.82) is 0 Å². The Morgan fingerprint density at radius 3 is 2.00 bits per heavy atom. The molecule has 0 spiro atoms. The molecule has 0 saturated heterocycles. The summed E-state index contributed by atoms with van der Waals surface area (Å²) in [5.41, 5.74) is 14.7. The van der Waals surface area contributed by atoms with Crippen molar-refractivity contribution in [3.05, 3.63) is 193 Å². The second kappa shape index (κ2) is 17.4. The van der Waals surface area contributed by atoms with E-state index in [0.717, 1.165) is 66.7 Å². The van der Waals surface area contributed by atoms with Gasteiger partial charge in [0.25, 0.3) is 0 Å². The zero-order valence-electron chi connectivity index (χ0n) is 38.2. The average molecular weight is 1000 g/mol. The molecule has 11 aromatic rings. The first-order chi connectivity index (χ1) is 31.5. The van der Waals surface area contributed by atoms with Crippen LogP contribution in [-0.2, 0) is 20.1 Å². The van der Waals surface area contributed by atoms with Crippen LogP contribution in [0.2, 0.25) is 0 Å². The first kappa shape index (κ1) is 37.8. The van der Waals surface area contributed by atoms with E-state index in [1.807, 2.05) is 66.7 Å². The number of hydrogen-bond donors (Lipinski definition) is 0. The number of hydrogen-bond acceptors (Lipinski definition) is 5. The van der Waals surface area contributed by atoms with E-state index in [0.29, 0.717) is 11.5 Å². The van der Waals surface area contributed by atoms with Crippen molar-refractivity contribution in [2.75, 3.05) is 0 Å². The summed E-state index contributed by atoms with van der Waals surface area (Å²) < 4.78 is 37.0. The van der Waals surface area contributed by atoms with Crippen molar-refractivity contribution in [1.82, 2.24) is 19.5 Å². The number of furan rings is 1. The molecule has 0 aliphatic rings. The Labute approximate surface area is 384 Å². The number of rotatable bonds is 7. The molecular weight excluding hydrogens is 953 g/mol. The first-order valence-electron chi connectivity index (χ1n) is 22.4. The van der Waals surface area contributed by atoms with Crippen molar-refractivity contribution >= 4 is 44.1 Å². The molecule has 0 aliphatic carbocycles. The Bertz CT molecular complexity index is 3440. The summed E-state index contributed by atoms with van der Waals surface area (Å²) in [6.45, 7) is 7.00. The van der Waals surface area contributed by atoms with E-state index >= 15 is 0 Å². The normalized spacial score (nSPS) is 12.3. The standard InChI is InChI=1S/C44H34N3O2.C12H10N.Ir/c1-26(2)33-22-30(28-14-7-5-8-15-28)23-34(27(3)4)41(33)47-38-21-12-11-20-36(38)45-43(47)32-19-13-18-31-35-24-37-40(25-39(35)48-42(31)32)49-44(46-37)29-16-9-6-10-17-29;1-10-7-8-12(13-9-10)11-5-3-2-4-6-11;/h5-18,20-27H,1-4H3;2-5,7-9H,1H3;/q2*-1;/i;1D3;. The minimum absolute atomic E-state index is 0. The molecule has 1 radical (unpaired) electrons. The number of imidazole rings is 1. The van der Waals surface area contributed by atoms with Gasteiger partial charge in [-0.25, -0.2) is 4.98 Å². The topological polar surface area (TPSA) is 69.9 Å². The third-order valence-electron chi connectivity index (χ3n) is 11.2. The summed E-state index contributed by atoms with van der Waals surface area (Å²) in [5.74, 6) is 1.92. The van der Waals surface area contributed by atoms with Crippen LogP contribution in [0.4, 0.5) is 0 Å².